The minimum absolute atomic E-state index is 0.943. The highest BCUT2D eigenvalue weighted by molar-refractivity contribution is 5.80. The molecule has 0 N–H and O–H groups in total. The molecule has 1 heteroatoms. The number of benzene rings is 1. The summed E-state index contributed by atoms with van der Waals surface area (Å²) < 4.78 is 0. The maximum atomic E-state index is 4.43. The first-order valence-corrected chi connectivity index (χ1v) is 6.09. The van der Waals surface area contributed by atoms with Crippen LogP contribution in [0.15, 0.2) is 35.8 Å². The van der Waals surface area contributed by atoms with Crippen LogP contribution in [0.3, 0.4) is 0 Å². The second-order valence-corrected chi connectivity index (χ2v) is 3.97. The van der Waals surface area contributed by atoms with E-state index in [9.17, 15) is 0 Å². The molecule has 86 valence electrons. The van der Waals surface area contributed by atoms with Crippen LogP contribution in [0.25, 0.3) is 6.08 Å². The number of aliphatic imine (C=N–C) groups is 1. The van der Waals surface area contributed by atoms with Crippen molar-refractivity contribution in [2.75, 3.05) is 6.54 Å². The summed E-state index contributed by atoms with van der Waals surface area (Å²) in [6.45, 7) is 6.93. The second-order valence-electron chi connectivity index (χ2n) is 3.97. The van der Waals surface area contributed by atoms with Crippen molar-refractivity contribution in [3.05, 3.63) is 42.0 Å². The number of unbranched alkanes of at least 4 members (excludes halogenated alkanes) is 3. The van der Waals surface area contributed by atoms with Gasteiger partial charge < -0.3 is 0 Å². The summed E-state index contributed by atoms with van der Waals surface area (Å²) in [5.41, 5.74) is 2.31. The first-order valence-electron chi connectivity index (χ1n) is 6.09. The van der Waals surface area contributed by atoms with Crippen molar-refractivity contribution in [1.82, 2.24) is 0 Å². The zero-order valence-corrected chi connectivity index (χ0v) is 10.2. The third kappa shape index (κ3) is 4.92. The average Bonchev–Trinajstić information content (AvgIpc) is 2.34. The van der Waals surface area contributed by atoms with Gasteiger partial charge in [0.15, 0.2) is 0 Å². The van der Waals surface area contributed by atoms with Gasteiger partial charge in [-0.2, -0.15) is 0 Å². The number of hydrogen-bond acceptors (Lipinski definition) is 1. The number of hydrogen-bond donors (Lipinski definition) is 0. The molecule has 0 saturated heterocycles. The molecule has 0 spiro atoms. The Bertz CT molecular complexity index is 339. The first-order chi connectivity index (χ1) is 7.86. The fourth-order valence-corrected chi connectivity index (χ4v) is 1.57. The van der Waals surface area contributed by atoms with Crippen LogP contribution < -0.4 is 0 Å². The smallest absolute Gasteiger partial charge is 0.0389 e. The van der Waals surface area contributed by atoms with Crippen molar-refractivity contribution < 1.29 is 0 Å². The molecular weight excluding hydrogens is 194 g/mol. The molecule has 0 heterocycles. The SMILES string of the molecule is C=Cc1cccc(C=NCCCCCC)c1. The van der Waals surface area contributed by atoms with Crippen LogP contribution in [0.4, 0.5) is 0 Å². The van der Waals surface area contributed by atoms with E-state index in [1.54, 1.807) is 0 Å². The van der Waals surface area contributed by atoms with Gasteiger partial charge in [-0.25, -0.2) is 0 Å². The number of rotatable bonds is 7. The van der Waals surface area contributed by atoms with E-state index in [0.29, 0.717) is 0 Å². The summed E-state index contributed by atoms with van der Waals surface area (Å²) in [5, 5.41) is 0. The van der Waals surface area contributed by atoms with Crippen molar-refractivity contribution in [3.63, 3.8) is 0 Å². The second kappa shape index (κ2) is 7.86. The summed E-state index contributed by atoms with van der Waals surface area (Å²) >= 11 is 0. The molecule has 0 atom stereocenters. The first kappa shape index (κ1) is 12.7. The van der Waals surface area contributed by atoms with Crippen LogP contribution in [0.2, 0.25) is 0 Å². The zero-order valence-electron chi connectivity index (χ0n) is 10.2. The lowest BCUT2D eigenvalue weighted by molar-refractivity contribution is 0.676. The molecule has 16 heavy (non-hydrogen) atoms. The minimum Gasteiger partial charge on any atom is -0.293 e. The Morgan fingerprint density at radius 3 is 2.75 bits per heavy atom. The van der Waals surface area contributed by atoms with E-state index in [0.717, 1.165) is 17.7 Å². The molecule has 0 aliphatic heterocycles. The predicted octanol–water partition coefficient (Wildman–Crippen LogP) is 4.33. The van der Waals surface area contributed by atoms with Crippen molar-refractivity contribution in [1.29, 1.82) is 0 Å². The predicted molar refractivity (Wildman–Crippen MR) is 73.1 cm³/mol. The highest BCUT2D eigenvalue weighted by Crippen LogP contribution is 2.04. The molecule has 0 unspecified atom stereocenters. The molecule has 1 aromatic rings. The van der Waals surface area contributed by atoms with Crippen molar-refractivity contribution in [3.8, 4) is 0 Å². The Kier molecular flexibility index (Phi) is 6.24. The van der Waals surface area contributed by atoms with Crippen LogP contribution in [-0.4, -0.2) is 12.8 Å². The maximum Gasteiger partial charge on any atom is 0.0389 e. The molecule has 0 radical (unpaired) electrons. The summed E-state index contributed by atoms with van der Waals surface area (Å²) in [4.78, 5) is 4.43. The highest BCUT2D eigenvalue weighted by Gasteiger charge is 1.89. The standard InChI is InChI=1S/C15H21N/c1-3-5-6-7-11-16-13-15-10-8-9-14(4-2)12-15/h4,8-10,12-13H,2-3,5-7,11H2,1H3. The lowest BCUT2D eigenvalue weighted by atomic mass is 10.1. The third-order valence-electron chi connectivity index (χ3n) is 2.53. The molecule has 0 aliphatic carbocycles. The lowest BCUT2D eigenvalue weighted by Gasteiger charge is -1.97. The van der Waals surface area contributed by atoms with Gasteiger partial charge in [-0.3, -0.25) is 4.99 Å². The Morgan fingerprint density at radius 1 is 1.19 bits per heavy atom. The Balaban J connectivity index is 2.34. The van der Waals surface area contributed by atoms with Gasteiger partial charge in [0, 0.05) is 12.8 Å². The fraction of sp³-hybridized carbons (Fsp3) is 0.400. The van der Waals surface area contributed by atoms with Crippen LogP contribution >= 0.6 is 0 Å². The van der Waals surface area contributed by atoms with Crippen molar-refractivity contribution >= 4 is 12.3 Å². The van der Waals surface area contributed by atoms with E-state index in [4.69, 9.17) is 0 Å². The molecule has 0 amide bonds. The summed E-state index contributed by atoms with van der Waals surface area (Å²) in [7, 11) is 0. The molecule has 1 aromatic carbocycles. The zero-order chi connectivity index (χ0) is 11.6. The minimum atomic E-state index is 0.943. The average molecular weight is 215 g/mol. The van der Waals surface area contributed by atoms with Crippen LogP contribution in [0.5, 0.6) is 0 Å². The molecular formula is C15H21N. The van der Waals surface area contributed by atoms with E-state index < -0.39 is 0 Å². The fourth-order valence-electron chi connectivity index (χ4n) is 1.57. The summed E-state index contributed by atoms with van der Waals surface area (Å²) in [5.74, 6) is 0. The highest BCUT2D eigenvalue weighted by atomic mass is 14.7. The molecule has 0 fully saturated rings. The largest absolute Gasteiger partial charge is 0.293 e. The van der Waals surface area contributed by atoms with Gasteiger partial charge in [0.2, 0.25) is 0 Å². The molecule has 0 aliphatic rings. The lowest BCUT2D eigenvalue weighted by Crippen LogP contribution is -1.86. The van der Waals surface area contributed by atoms with Gasteiger partial charge in [-0.15, -0.1) is 0 Å². The molecule has 1 rings (SSSR count). The van der Waals surface area contributed by atoms with Crippen molar-refractivity contribution in [2.24, 2.45) is 4.99 Å². The molecule has 0 bridgehead atoms. The van der Waals surface area contributed by atoms with Gasteiger partial charge in [0.25, 0.3) is 0 Å². The van der Waals surface area contributed by atoms with E-state index >= 15 is 0 Å². The van der Waals surface area contributed by atoms with Gasteiger partial charge in [-0.05, 0) is 23.6 Å². The Labute approximate surface area is 98.9 Å². The van der Waals surface area contributed by atoms with E-state index in [-0.39, 0.29) is 0 Å². The topological polar surface area (TPSA) is 12.4 Å². The number of nitrogens with zero attached hydrogens (tertiary/aromatic N) is 1. The quantitative estimate of drug-likeness (QED) is 0.474. The summed E-state index contributed by atoms with van der Waals surface area (Å²) in [6.07, 6.45) is 8.91. The van der Waals surface area contributed by atoms with Crippen LogP contribution in [-0.2, 0) is 0 Å². The monoisotopic (exact) mass is 215 g/mol. The van der Waals surface area contributed by atoms with E-state index in [1.807, 2.05) is 24.4 Å². The maximum absolute atomic E-state index is 4.43. The van der Waals surface area contributed by atoms with Crippen molar-refractivity contribution in [2.45, 2.75) is 32.6 Å². The third-order valence-corrected chi connectivity index (χ3v) is 2.53. The van der Waals surface area contributed by atoms with Crippen LogP contribution in [0.1, 0.15) is 43.7 Å². The normalized spacial score (nSPS) is 10.8. The van der Waals surface area contributed by atoms with Crippen LogP contribution in [0, 0.1) is 0 Å². The van der Waals surface area contributed by atoms with E-state index in [2.05, 4.69) is 30.6 Å². The van der Waals surface area contributed by atoms with Gasteiger partial charge >= 0.3 is 0 Å². The van der Waals surface area contributed by atoms with Gasteiger partial charge in [0.1, 0.15) is 0 Å². The molecule has 0 aromatic heterocycles. The molecule has 0 saturated carbocycles. The Morgan fingerprint density at radius 2 is 2.00 bits per heavy atom. The summed E-state index contributed by atoms with van der Waals surface area (Å²) in [6, 6.07) is 8.26. The molecule has 1 nitrogen and oxygen atoms in total. The van der Waals surface area contributed by atoms with E-state index in [1.165, 1.54) is 25.7 Å². The Hall–Kier alpha value is -1.37. The van der Waals surface area contributed by atoms with Gasteiger partial charge in [0.05, 0.1) is 0 Å². The van der Waals surface area contributed by atoms with Gasteiger partial charge in [-0.1, -0.05) is 57.0 Å².